The van der Waals surface area contributed by atoms with E-state index in [1.54, 1.807) is 62.8 Å². The van der Waals surface area contributed by atoms with Gasteiger partial charge in [0.15, 0.2) is 23.0 Å². The number of H-pyrrole nitrogens is 1. The van der Waals surface area contributed by atoms with Gasteiger partial charge in [0.2, 0.25) is 0 Å². The number of methoxy groups -OCH3 is 3. The van der Waals surface area contributed by atoms with Crippen LogP contribution in [0, 0.1) is 0 Å². The lowest BCUT2D eigenvalue weighted by Crippen LogP contribution is -2.19. The Labute approximate surface area is 272 Å². The number of nitrogens with zero attached hydrogens (tertiary/aromatic N) is 1. The van der Waals surface area contributed by atoms with Crippen LogP contribution in [0.5, 0.6) is 34.5 Å². The van der Waals surface area contributed by atoms with Crippen molar-refractivity contribution in [2.24, 2.45) is 5.10 Å². The number of nitrogens with one attached hydrogen (secondary N) is 2. The number of aromatic nitrogens is 1. The molecule has 4 aromatic carbocycles. The van der Waals surface area contributed by atoms with Gasteiger partial charge in [-0.25, -0.2) is 10.2 Å². The summed E-state index contributed by atoms with van der Waals surface area (Å²) in [6, 6.07) is 22.8. The maximum Gasteiger partial charge on any atom is 0.343 e. The Bertz CT molecular complexity index is 1920. The van der Waals surface area contributed by atoms with E-state index in [9.17, 15) is 9.59 Å². The first-order valence-corrected chi connectivity index (χ1v) is 14.9. The van der Waals surface area contributed by atoms with Crippen molar-refractivity contribution in [1.82, 2.24) is 10.4 Å². The average molecular weight is 638 g/mol. The third kappa shape index (κ3) is 6.99. The van der Waals surface area contributed by atoms with E-state index in [2.05, 4.69) is 15.5 Å². The zero-order chi connectivity index (χ0) is 33.3. The number of hydrogen-bond donors (Lipinski definition) is 2. The van der Waals surface area contributed by atoms with Crippen LogP contribution in [0.3, 0.4) is 0 Å². The highest BCUT2D eigenvalue weighted by Gasteiger charge is 2.24. The smallest absolute Gasteiger partial charge is 0.343 e. The van der Waals surface area contributed by atoms with E-state index in [1.165, 1.54) is 13.3 Å². The molecule has 11 nitrogen and oxygen atoms in total. The summed E-state index contributed by atoms with van der Waals surface area (Å²) in [5, 5.41) is 4.89. The van der Waals surface area contributed by atoms with Crippen LogP contribution in [0.25, 0.3) is 22.0 Å². The first-order chi connectivity index (χ1) is 22.9. The first kappa shape index (κ1) is 32.4. The molecule has 0 fully saturated rings. The Hall–Kier alpha value is -5.97. The van der Waals surface area contributed by atoms with Crippen LogP contribution in [-0.4, -0.2) is 57.6 Å². The molecule has 5 rings (SSSR count). The van der Waals surface area contributed by atoms with Crippen LogP contribution in [0.4, 0.5) is 0 Å². The average Bonchev–Trinajstić information content (AvgIpc) is 3.51. The molecule has 0 aliphatic heterocycles. The predicted octanol–water partition coefficient (Wildman–Crippen LogP) is 6.64. The normalized spacial score (nSPS) is 10.9. The van der Waals surface area contributed by atoms with E-state index in [-0.39, 0.29) is 17.0 Å². The zero-order valence-corrected chi connectivity index (χ0v) is 26.7. The van der Waals surface area contributed by atoms with Crippen LogP contribution in [0.15, 0.2) is 84.0 Å². The molecule has 242 valence electrons. The summed E-state index contributed by atoms with van der Waals surface area (Å²) in [6.45, 7) is 4.59. The SMILES string of the molecule is CCOc1ccc(C(=O)Oc2ccc(C=NNC(=O)c3[nH]c4c(OC)ccc(OC)c4c3-c3ccccc3)cc2OC)cc1OCC. The Balaban J connectivity index is 1.36. The first-order valence-electron chi connectivity index (χ1n) is 14.9. The largest absolute Gasteiger partial charge is 0.496 e. The molecule has 0 saturated carbocycles. The fourth-order valence-corrected chi connectivity index (χ4v) is 5.06. The van der Waals surface area contributed by atoms with E-state index in [1.807, 2.05) is 44.2 Å². The topological polar surface area (TPSA) is 130 Å². The molecule has 11 heteroatoms. The summed E-state index contributed by atoms with van der Waals surface area (Å²) in [5.41, 5.74) is 5.84. The monoisotopic (exact) mass is 637 g/mol. The summed E-state index contributed by atoms with van der Waals surface area (Å²) >= 11 is 0. The second-order valence-corrected chi connectivity index (χ2v) is 9.99. The summed E-state index contributed by atoms with van der Waals surface area (Å²) in [4.78, 5) is 29.7. The molecule has 0 unspecified atom stereocenters. The van der Waals surface area contributed by atoms with Crippen molar-refractivity contribution >= 4 is 29.0 Å². The maximum absolute atomic E-state index is 13.5. The molecule has 0 spiro atoms. The van der Waals surface area contributed by atoms with Crippen molar-refractivity contribution in [2.45, 2.75) is 13.8 Å². The summed E-state index contributed by atoms with van der Waals surface area (Å²) in [6.07, 6.45) is 1.46. The van der Waals surface area contributed by atoms with E-state index in [0.29, 0.717) is 64.0 Å². The maximum atomic E-state index is 13.5. The minimum Gasteiger partial charge on any atom is -0.496 e. The second kappa shape index (κ2) is 14.9. The quantitative estimate of drug-likeness (QED) is 0.0636. The summed E-state index contributed by atoms with van der Waals surface area (Å²) < 4.78 is 33.5. The predicted molar refractivity (Wildman–Crippen MR) is 179 cm³/mol. The Morgan fingerprint density at radius 2 is 1.40 bits per heavy atom. The number of carbonyl (C=O) groups excluding carboxylic acids is 2. The molecule has 1 amide bonds. The number of hydrogen-bond acceptors (Lipinski definition) is 9. The van der Waals surface area contributed by atoms with Gasteiger partial charge in [0.25, 0.3) is 5.91 Å². The van der Waals surface area contributed by atoms with Gasteiger partial charge in [-0.1, -0.05) is 30.3 Å². The fraction of sp³-hybridized carbons (Fsp3) is 0.194. The molecule has 1 heterocycles. The lowest BCUT2D eigenvalue weighted by Gasteiger charge is -2.13. The van der Waals surface area contributed by atoms with Crippen molar-refractivity contribution in [1.29, 1.82) is 0 Å². The van der Waals surface area contributed by atoms with Gasteiger partial charge in [0, 0.05) is 5.56 Å². The number of benzene rings is 4. The van der Waals surface area contributed by atoms with Crippen LogP contribution in [-0.2, 0) is 0 Å². The number of aromatic amines is 1. The minimum atomic E-state index is -0.596. The number of fused-ring (bicyclic) bond motifs is 1. The van der Waals surface area contributed by atoms with Crippen molar-refractivity contribution in [3.8, 4) is 45.6 Å². The molecule has 5 aromatic rings. The van der Waals surface area contributed by atoms with Crippen LogP contribution in [0.2, 0.25) is 0 Å². The van der Waals surface area contributed by atoms with Gasteiger partial charge in [0.1, 0.15) is 17.2 Å². The van der Waals surface area contributed by atoms with E-state index in [4.69, 9.17) is 28.4 Å². The molecule has 0 aliphatic carbocycles. The van der Waals surface area contributed by atoms with Gasteiger partial charge in [-0.05, 0) is 73.5 Å². The summed E-state index contributed by atoms with van der Waals surface area (Å²) in [5.74, 6) is 1.58. The van der Waals surface area contributed by atoms with Gasteiger partial charge in [-0.2, -0.15) is 5.10 Å². The molecule has 0 bridgehead atoms. The minimum absolute atomic E-state index is 0.207. The van der Waals surface area contributed by atoms with E-state index >= 15 is 0 Å². The highest BCUT2D eigenvalue weighted by molar-refractivity contribution is 6.13. The lowest BCUT2D eigenvalue weighted by molar-refractivity contribution is 0.0728. The van der Waals surface area contributed by atoms with Gasteiger partial charge in [-0.15, -0.1) is 0 Å². The lowest BCUT2D eigenvalue weighted by atomic mass is 10.0. The van der Waals surface area contributed by atoms with E-state index < -0.39 is 11.9 Å². The van der Waals surface area contributed by atoms with Crippen LogP contribution in [0.1, 0.15) is 40.3 Å². The van der Waals surface area contributed by atoms with Crippen molar-refractivity contribution in [2.75, 3.05) is 34.5 Å². The van der Waals surface area contributed by atoms with Crippen molar-refractivity contribution < 1.29 is 38.0 Å². The fourth-order valence-electron chi connectivity index (χ4n) is 5.06. The van der Waals surface area contributed by atoms with Gasteiger partial charge in [-0.3, -0.25) is 4.79 Å². The summed E-state index contributed by atoms with van der Waals surface area (Å²) in [7, 11) is 4.60. The Morgan fingerprint density at radius 1 is 0.745 bits per heavy atom. The second-order valence-electron chi connectivity index (χ2n) is 9.99. The van der Waals surface area contributed by atoms with Crippen LogP contribution >= 0.6 is 0 Å². The number of hydrazone groups is 1. The molecule has 0 atom stereocenters. The van der Waals surface area contributed by atoms with E-state index in [0.717, 1.165) is 5.56 Å². The molecule has 1 aromatic heterocycles. The number of esters is 1. The van der Waals surface area contributed by atoms with Crippen LogP contribution < -0.4 is 33.8 Å². The third-order valence-corrected chi connectivity index (χ3v) is 7.16. The number of ether oxygens (including phenoxy) is 6. The standard InChI is InChI=1S/C36H35N3O8/c1-6-45-25-16-14-24(20-30(25)46-7-2)36(41)47-26-15-13-22(19-29(26)44-5)21-37-39-35(40)34-31(23-11-9-8-10-12-23)32-27(42-3)17-18-28(43-4)33(32)38-34/h8-21,38H,6-7H2,1-5H3,(H,39,40). The highest BCUT2D eigenvalue weighted by Crippen LogP contribution is 2.42. The van der Waals surface area contributed by atoms with Gasteiger partial charge >= 0.3 is 5.97 Å². The molecular weight excluding hydrogens is 602 g/mol. The molecule has 47 heavy (non-hydrogen) atoms. The molecule has 2 N–H and O–H groups in total. The van der Waals surface area contributed by atoms with Crippen molar-refractivity contribution in [3.05, 3.63) is 95.7 Å². The van der Waals surface area contributed by atoms with Gasteiger partial charge in [0.05, 0.1) is 57.2 Å². The van der Waals surface area contributed by atoms with Crippen molar-refractivity contribution in [3.63, 3.8) is 0 Å². The molecular formula is C36H35N3O8. The molecule has 0 saturated heterocycles. The Kier molecular flexibility index (Phi) is 10.3. The Morgan fingerprint density at radius 3 is 2.11 bits per heavy atom. The number of amides is 1. The molecule has 0 radical (unpaired) electrons. The molecule has 0 aliphatic rings. The number of carbonyl (C=O) groups is 2. The number of rotatable bonds is 13. The zero-order valence-electron chi connectivity index (χ0n) is 26.7. The highest BCUT2D eigenvalue weighted by atomic mass is 16.6. The van der Waals surface area contributed by atoms with Gasteiger partial charge < -0.3 is 33.4 Å². The third-order valence-electron chi connectivity index (χ3n) is 7.16.